The molecule has 4 heteroatoms. The quantitative estimate of drug-likeness (QED) is 0.128. The van der Waals surface area contributed by atoms with Gasteiger partial charge in [-0.2, -0.15) is 0 Å². The van der Waals surface area contributed by atoms with E-state index in [4.69, 9.17) is 9.47 Å². The lowest BCUT2D eigenvalue weighted by molar-refractivity contribution is -0.165. The van der Waals surface area contributed by atoms with Crippen molar-refractivity contribution in [1.29, 1.82) is 0 Å². The van der Waals surface area contributed by atoms with Gasteiger partial charge in [-0.25, -0.2) is 0 Å². The summed E-state index contributed by atoms with van der Waals surface area (Å²) in [5.41, 5.74) is 0. The molecule has 1 aliphatic rings. The predicted octanol–water partition coefficient (Wildman–Crippen LogP) is 7.87. The molecule has 4 unspecified atom stereocenters. The molecule has 0 amide bonds. The van der Waals surface area contributed by atoms with Crippen molar-refractivity contribution >= 4 is 11.9 Å². The Morgan fingerprint density at radius 2 is 1.12 bits per heavy atom. The van der Waals surface area contributed by atoms with Gasteiger partial charge in [0.1, 0.15) is 0 Å². The van der Waals surface area contributed by atoms with Crippen LogP contribution in [0.25, 0.3) is 0 Å². The molecule has 1 rings (SSSR count). The van der Waals surface area contributed by atoms with Gasteiger partial charge in [0.15, 0.2) is 0 Å². The Bertz CT molecular complexity index is 490. The number of ether oxygens (including phenoxy) is 2. The largest absolute Gasteiger partial charge is 0.465 e. The van der Waals surface area contributed by atoms with Crippen LogP contribution in [-0.4, -0.2) is 25.2 Å². The summed E-state index contributed by atoms with van der Waals surface area (Å²) in [4.78, 5) is 26.3. The first-order valence-corrected chi connectivity index (χ1v) is 13.9. The van der Waals surface area contributed by atoms with Crippen LogP contribution in [0.4, 0.5) is 0 Å². The van der Waals surface area contributed by atoms with E-state index >= 15 is 0 Å². The topological polar surface area (TPSA) is 52.6 Å². The molecule has 4 nitrogen and oxygen atoms in total. The first-order valence-electron chi connectivity index (χ1n) is 13.9. The fraction of sp³-hybridized carbons (Fsp3) is 0.929. The smallest absolute Gasteiger partial charge is 0.310 e. The molecule has 1 fully saturated rings. The van der Waals surface area contributed by atoms with Gasteiger partial charge in [-0.15, -0.1) is 0 Å². The number of carbonyl (C=O) groups excluding carboxylic acids is 2. The molecular formula is C28H52O4. The zero-order valence-corrected chi connectivity index (χ0v) is 21.7. The summed E-state index contributed by atoms with van der Waals surface area (Å²) >= 11 is 0. The third-order valence-corrected chi connectivity index (χ3v) is 7.30. The summed E-state index contributed by atoms with van der Waals surface area (Å²) in [7, 11) is 0. The lowest BCUT2D eigenvalue weighted by atomic mass is 9.75. The second-order valence-electron chi connectivity index (χ2n) is 10.00. The molecule has 0 saturated heterocycles. The van der Waals surface area contributed by atoms with Crippen molar-refractivity contribution in [3.05, 3.63) is 0 Å². The van der Waals surface area contributed by atoms with Crippen LogP contribution in [-0.2, 0) is 19.1 Å². The molecule has 0 aromatic carbocycles. The van der Waals surface area contributed by atoms with Gasteiger partial charge in [0.25, 0.3) is 0 Å². The Morgan fingerprint density at radius 1 is 0.656 bits per heavy atom. The first-order chi connectivity index (χ1) is 15.6. The highest BCUT2D eigenvalue weighted by molar-refractivity contribution is 5.82. The monoisotopic (exact) mass is 452 g/mol. The number of rotatable bonds is 17. The minimum absolute atomic E-state index is 0.162. The molecule has 0 radical (unpaired) electrons. The highest BCUT2D eigenvalue weighted by atomic mass is 16.5. The molecule has 1 saturated carbocycles. The van der Waals surface area contributed by atoms with Crippen LogP contribution < -0.4 is 0 Å². The van der Waals surface area contributed by atoms with Crippen molar-refractivity contribution in [1.82, 2.24) is 0 Å². The van der Waals surface area contributed by atoms with Crippen LogP contribution in [0.2, 0.25) is 0 Å². The van der Waals surface area contributed by atoms with Gasteiger partial charge < -0.3 is 9.47 Å². The highest BCUT2D eigenvalue weighted by Crippen LogP contribution is 2.40. The molecule has 4 atom stereocenters. The number of hydrogen-bond acceptors (Lipinski definition) is 4. The van der Waals surface area contributed by atoms with Crippen LogP contribution in [0.1, 0.15) is 130 Å². The first kappa shape index (κ1) is 29.0. The van der Waals surface area contributed by atoms with E-state index < -0.39 is 0 Å². The van der Waals surface area contributed by atoms with Crippen LogP contribution in [0.5, 0.6) is 0 Å². The third-order valence-electron chi connectivity index (χ3n) is 7.30. The molecule has 0 aromatic heterocycles. The van der Waals surface area contributed by atoms with E-state index in [0.29, 0.717) is 13.2 Å². The number of unbranched alkanes of at least 4 members (excludes halogenated alkanes) is 10. The lowest BCUT2D eigenvalue weighted by Crippen LogP contribution is -2.39. The predicted molar refractivity (Wildman–Crippen MR) is 132 cm³/mol. The summed E-state index contributed by atoms with van der Waals surface area (Å²) in [5.74, 6) is -0.679. The standard InChI is InChI=1S/C28H52O4/c1-5-8-10-12-14-16-21-31-27(29)25-23(4)19-18-20-24(7-3)26(25)28(30)32-22-17-15-13-11-9-6-2/h23-26H,5-22H2,1-4H3. The van der Waals surface area contributed by atoms with E-state index in [1.807, 2.05) is 0 Å². The van der Waals surface area contributed by atoms with Crippen molar-refractivity contribution in [3.8, 4) is 0 Å². The Balaban J connectivity index is 2.60. The van der Waals surface area contributed by atoms with E-state index in [1.165, 1.54) is 51.4 Å². The van der Waals surface area contributed by atoms with Gasteiger partial charge >= 0.3 is 11.9 Å². The average Bonchev–Trinajstić information content (AvgIpc) is 2.96. The van der Waals surface area contributed by atoms with Crippen molar-refractivity contribution in [2.45, 2.75) is 130 Å². The molecular weight excluding hydrogens is 400 g/mol. The minimum Gasteiger partial charge on any atom is -0.465 e. The molecule has 0 aliphatic heterocycles. The Hall–Kier alpha value is -1.06. The zero-order valence-electron chi connectivity index (χ0n) is 21.7. The fourth-order valence-electron chi connectivity index (χ4n) is 5.19. The van der Waals surface area contributed by atoms with E-state index in [0.717, 1.165) is 51.4 Å². The van der Waals surface area contributed by atoms with E-state index in [2.05, 4.69) is 27.7 Å². The second-order valence-corrected chi connectivity index (χ2v) is 10.00. The summed E-state index contributed by atoms with van der Waals surface area (Å²) in [6.07, 6.45) is 18.0. The van der Waals surface area contributed by atoms with Gasteiger partial charge in [-0.05, 0) is 37.5 Å². The fourth-order valence-corrected chi connectivity index (χ4v) is 5.19. The molecule has 0 heterocycles. The molecule has 1 aliphatic carbocycles. The van der Waals surface area contributed by atoms with E-state index in [1.54, 1.807) is 0 Å². The molecule has 0 spiro atoms. The molecule has 32 heavy (non-hydrogen) atoms. The van der Waals surface area contributed by atoms with Crippen LogP contribution in [0.15, 0.2) is 0 Å². The van der Waals surface area contributed by atoms with Crippen molar-refractivity contribution in [3.63, 3.8) is 0 Å². The van der Waals surface area contributed by atoms with E-state index in [9.17, 15) is 9.59 Å². The maximum absolute atomic E-state index is 13.2. The van der Waals surface area contributed by atoms with Crippen LogP contribution in [0.3, 0.4) is 0 Å². The van der Waals surface area contributed by atoms with Crippen LogP contribution in [0, 0.1) is 23.7 Å². The molecule has 0 aromatic rings. The maximum Gasteiger partial charge on any atom is 0.310 e. The van der Waals surface area contributed by atoms with Gasteiger partial charge in [0, 0.05) is 0 Å². The summed E-state index contributed by atoms with van der Waals surface area (Å²) < 4.78 is 11.5. The SMILES string of the molecule is CCCCCCCCOC(=O)C1C(C)CCCC(CC)C1C(=O)OCCCCCCCC. The van der Waals surface area contributed by atoms with E-state index in [-0.39, 0.29) is 35.6 Å². The van der Waals surface area contributed by atoms with Crippen molar-refractivity contribution in [2.24, 2.45) is 23.7 Å². The van der Waals surface area contributed by atoms with Gasteiger partial charge in [0.2, 0.25) is 0 Å². The minimum atomic E-state index is -0.361. The normalized spacial score (nSPS) is 23.5. The molecule has 0 N–H and O–H groups in total. The summed E-state index contributed by atoms with van der Waals surface area (Å²) in [6, 6.07) is 0. The average molecular weight is 453 g/mol. The Morgan fingerprint density at radius 3 is 1.62 bits per heavy atom. The van der Waals surface area contributed by atoms with Gasteiger partial charge in [-0.1, -0.05) is 105 Å². The second kappa shape index (κ2) is 18.4. The van der Waals surface area contributed by atoms with Crippen molar-refractivity contribution < 1.29 is 19.1 Å². The highest BCUT2D eigenvalue weighted by Gasteiger charge is 2.45. The molecule has 188 valence electrons. The Labute approximate surface area is 198 Å². The molecule has 0 bridgehead atoms. The lowest BCUT2D eigenvalue weighted by Gasteiger charge is -2.30. The number of esters is 2. The summed E-state index contributed by atoms with van der Waals surface area (Å²) in [5, 5.41) is 0. The van der Waals surface area contributed by atoms with Crippen LogP contribution >= 0.6 is 0 Å². The Kier molecular flexibility index (Phi) is 16.6. The zero-order chi connectivity index (χ0) is 23.6. The van der Waals surface area contributed by atoms with Gasteiger partial charge in [-0.3, -0.25) is 9.59 Å². The third kappa shape index (κ3) is 11.2. The number of carbonyl (C=O) groups is 2. The van der Waals surface area contributed by atoms with Gasteiger partial charge in [0.05, 0.1) is 25.0 Å². The summed E-state index contributed by atoms with van der Waals surface area (Å²) in [6.45, 7) is 9.63. The van der Waals surface area contributed by atoms with Crippen molar-refractivity contribution in [2.75, 3.05) is 13.2 Å². The maximum atomic E-state index is 13.2. The number of hydrogen-bond donors (Lipinski definition) is 0.